The SMILES string of the molecule is Cc1cc(C(NN)c2cccc(C3CCC3)c2)ccc1Br. The molecule has 1 unspecified atom stereocenters. The van der Waals surface area contributed by atoms with Crippen LogP contribution < -0.4 is 11.3 Å². The molecule has 0 radical (unpaired) electrons. The number of halogens is 1. The van der Waals surface area contributed by atoms with Crippen LogP contribution in [0.2, 0.25) is 0 Å². The quantitative estimate of drug-likeness (QED) is 0.629. The van der Waals surface area contributed by atoms with E-state index in [0.29, 0.717) is 0 Å². The van der Waals surface area contributed by atoms with E-state index in [1.165, 1.54) is 41.5 Å². The number of hydrogen-bond donors (Lipinski definition) is 2. The lowest BCUT2D eigenvalue weighted by atomic mass is 9.79. The predicted molar refractivity (Wildman–Crippen MR) is 91.1 cm³/mol. The highest BCUT2D eigenvalue weighted by Crippen LogP contribution is 2.37. The van der Waals surface area contributed by atoms with Crippen molar-refractivity contribution in [3.05, 3.63) is 69.2 Å². The van der Waals surface area contributed by atoms with Crippen molar-refractivity contribution in [1.82, 2.24) is 5.43 Å². The molecule has 0 aliphatic heterocycles. The van der Waals surface area contributed by atoms with Gasteiger partial charge in [-0.15, -0.1) is 0 Å². The summed E-state index contributed by atoms with van der Waals surface area (Å²) in [5, 5.41) is 0. The Labute approximate surface area is 134 Å². The first-order valence-electron chi connectivity index (χ1n) is 7.51. The van der Waals surface area contributed by atoms with Crippen molar-refractivity contribution in [2.24, 2.45) is 5.84 Å². The minimum absolute atomic E-state index is 0.0387. The number of nitrogens with two attached hydrogens (primary N) is 1. The summed E-state index contributed by atoms with van der Waals surface area (Å²) in [5.74, 6) is 6.58. The van der Waals surface area contributed by atoms with Gasteiger partial charge in [-0.2, -0.15) is 0 Å². The maximum atomic E-state index is 5.84. The third-order valence-corrected chi connectivity index (χ3v) is 5.39. The highest BCUT2D eigenvalue weighted by atomic mass is 79.9. The Kier molecular flexibility index (Phi) is 4.43. The number of rotatable bonds is 4. The zero-order chi connectivity index (χ0) is 14.8. The van der Waals surface area contributed by atoms with Gasteiger partial charge in [-0.3, -0.25) is 5.84 Å². The van der Waals surface area contributed by atoms with Gasteiger partial charge in [0, 0.05) is 4.47 Å². The molecule has 1 atom stereocenters. The maximum absolute atomic E-state index is 5.84. The fourth-order valence-electron chi connectivity index (χ4n) is 2.97. The molecule has 0 bridgehead atoms. The summed E-state index contributed by atoms with van der Waals surface area (Å²) < 4.78 is 1.13. The predicted octanol–water partition coefficient (Wildman–Crippen LogP) is 4.58. The van der Waals surface area contributed by atoms with Crippen LogP contribution in [0.5, 0.6) is 0 Å². The third-order valence-electron chi connectivity index (χ3n) is 4.50. The van der Waals surface area contributed by atoms with Crippen LogP contribution >= 0.6 is 15.9 Å². The van der Waals surface area contributed by atoms with Crippen LogP contribution in [0.1, 0.15) is 53.5 Å². The van der Waals surface area contributed by atoms with E-state index in [-0.39, 0.29) is 6.04 Å². The van der Waals surface area contributed by atoms with Gasteiger partial charge >= 0.3 is 0 Å². The van der Waals surface area contributed by atoms with E-state index in [0.717, 1.165) is 10.4 Å². The van der Waals surface area contributed by atoms with Gasteiger partial charge in [0.25, 0.3) is 0 Å². The number of nitrogens with one attached hydrogen (secondary N) is 1. The van der Waals surface area contributed by atoms with Gasteiger partial charge in [-0.05, 0) is 54.0 Å². The van der Waals surface area contributed by atoms with E-state index in [1.54, 1.807) is 0 Å². The van der Waals surface area contributed by atoms with E-state index < -0.39 is 0 Å². The largest absolute Gasteiger partial charge is 0.271 e. The lowest BCUT2D eigenvalue weighted by Gasteiger charge is -2.27. The summed E-state index contributed by atoms with van der Waals surface area (Å²) in [6.07, 6.45) is 4.00. The Morgan fingerprint density at radius 3 is 2.52 bits per heavy atom. The highest BCUT2D eigenvalue weighted by molar-refractivity contribution is 9.10. The summed E-state index contributed by atoms with van der Waals surface area (Å²) in [6.45, 7) is 2.10. The molecular formula is C18H21BrN2. The molecule has 0 aromatic heterocycles. The first-order chi connectivity index (χ1) is 10.2. The lowest BCUT2D eigenvalue weighted by molar-refractivity contribution is 0.419. The van der Waals surface area contributed by atoms with E-state index in [4.69, 9.17) is 5.84 Å². The molecule has 1 aliphatic rings. The minimum Gasteiger partial charge on any atom is -0.271 e. The van der Waals surface area contributed by atoms with Gasteiger partial charge in [-0.1, -0.05) is 58.7 Å². The van der Waals surface area contributed by atoms with Crippen molar-refractivity contribution in [3.63, 3.8) is 0 Å². The van der Waals surface area contributed by atoms with Crippen LogP contribution in [0.3, 0.4) is 0 Å². The van der Waals surface area contributed by atoms with Crippen molar-refractivity contribution >= 4 is 15.9 Å². The summed E-state index contributed by atoms with van der Waals surface area (Å²) in [5.41, 5.74) is 8.08. The standard InChI is InChI=1S/C18H21BrN2/c1-12-10-16(8-9-17(12)19)18(21-20)15-7-3-6-14(11-15)13-4-2-5-13/h3,6-11,13,18,21H,2,4-5,20H2,1H3. The number of hydrazine groups is 1. The zero-order valence-electron chi connectivity index (χ0n) is 12.3. The van der Waals surface area contributed by atoms with Crippen LogP contribution in [0.4, 0.5) is 0 Å². The molecule has 110 valence electrons. The van der Waals surface area contributed by atoms with E-state index in [1.807, 2.05) is 0 Å². The number of aryl methyl sites for hydroxylation is 1. The smallest absolute Gasteiger partial charge is 0.0710 e. The highest BCUT2D eigenvalue weighted by Gasteiger charge is 2.21. The van der Waals surface area contributed by atoms with Crippen LogP contribution in [-0.2, 0) is 0 Å². The Hall–Kier alpha value is -1.16. The molecule has 0 amide bonds. The van der Waals surface area contributed by atoms with Gasteiger partial charge < -0.3 is 0 Å². The molecule has 0 saturated heterocycles. The fourth-order valence-corrected chi connectivity index (χ4v) is 3.21. The average Bonchev–Trinajstić information content (AvgIpc) is 2.42. The molecule has 2 nitrogen and oxygen atoms in total. The summed E-state index contributed by atoms with van der Waals surface area (Å²) in [7, 11) is 0. The molecule has 2 aromatic carbocycles. The first kappa shape index (κ1) is 14.8. The van der Waals surface area contributed by atoms with Crippen LogP contribution in [0.25, 0.3) is 0 Å². The fraction of sp³-hybridized carbons (Fsp3) is 0.333. The normalized spacial score (nSPS) is 16.5. The number of benzene rings is 2. The second-order valence-electron chi connectivity index (χ2n) is 5.91. The number of hydrogen-bond acceptors (Lipinski definition) is 2. The molecule has 2 aromatic rings. The Morgan fingerprint density at radius 1 is 1.14 bits per heavy atom. The van der Waals surface area contributed by atoms with Crippen LogP contribution in [-0.4, -0.2) is 0 Å². The van der Waals surface area contributed by atoms with Gasteiger partial charge in [0.1, 0.15) is 0 Å². The molecule has 3 heteroatoms. The van der Waals surface area contributed by atoms with Crippen molar-refractivity contribution in [2.75, 3.05) is 0 Å². The van der Waals surface area contributed by atoms with Crippen molar-refractivity contribution in [2.45, 2.75) is 38.1 Å². The van der Waals surface area contributed by atoms with E-state index in [9.17, 15) is 0 Å². The van der Waals surface area contributed by atoms with Crippen molar-refractivity contribution in [1.29, 1.82) is 0 Å². The topological polar surface area (TPSA) is 38.0 Å². The minimum atomic E-state index is 0.0387. The van der Waals surface area contributed by atoms with Gasteiger partial charge in [0.05, 0.1) is 6.04 Å². The van der Waals surface area contributed by atoms with Crippen LogP contribution in [0, 0.1) is 6.92 Å². The van der Waals surface area contributed by atoms with Gasteiger partial charge in [0.2, 0.25) is 0 Å². The summed E-state index contributed by atoms with van der Waals surface area (Å²) in [4.78, 5) is 0. The van der Waals surface area contributed by atoms with Crippen LogP contribution in [0.15, 0.2) is 46.9 Å². The average molecular weight is 345 g/mol. The van der Waals surface area contributed by atoms with Gasteiger partial charge in [-0.25, -0.2) is 5.43 Å². The molecule has 0 spiro atoms. The summed E-state index contributed by atoms with van der Waals surface area (Å²) >= 11 is 3.55. The second-order valence-corrected chi connectivity index (χ2v) is 6.76. The Balaban J connectivity index is 1.93. The molecule has 0 heterocycles. The van der Waals surface area contributed by atoms with E-state index >= 15 is 0 Å². The molecular weight excluding hydrogens is 324 g/mol. The summed E-state index contributed by atoms with van der Waals surface area (Å²) in [6, 6.07) is 15.3. The molecule has 1 aliphatic carbocycles. The molecule has 1 saturated carbocycles. The monoisotopic (exact) mass is 344 g/mol. The second kappa shape index (κ2) is 6.30. The molecule has 21 heavy (non-hydrogen) atoms. The van der Waals surface area contributed by atoms with Crippen molar-refractivity contribution in [3.8, 4) is 0 Å². The van der Waals surface area contributed by atoms with Crippen molar-refractivity contribution < 1.29 is 0 Å². The van der Waals surface area contributed by atoms with Gasteiger partial charge in [0.15, 0.2) is 0 Å². The van der Waals surface area contributed by atoms with E-state index in [2.05, 4.69) is 70.7 Å². The lowest BCUT2D eigenvalue weighted by Crippen LogP contribution is -2.29. The molecule has 1 fully saturated rings. The molecule has 3 rings (SSSR count). The Bertz CT molecular complexity index is 635. The molecule has 3 N–H and O–H groups in total. The zero-order valence-corrected chi connectivity index (χ0v) is 13.9. The maximum Gasteiger partial charge on any atom is 0.0710 e. The third kappa shape index (κ3) is 3.05. The first-order valence-corrected chi connectivity index (χ1v) is 8.30. The Morgan fingerprint density at radius 2 is 1.90 bits per heavy atom.